The van der Waals surface area contributed by atoms with Crippen LogP contribution >= 0.6 is 11.6 Å². The standard InChI is InChI=1S/C17H24ClFN2/c18-12-15-4-3-5-16(19)17(15)21-10-6-14(7-11-21)13-20-8-1-2-9-20/h3-5,14H,1-2,6-13H2. The largest absolute Gasteiger partial charge is 0.369 e. The summed E-state index contributed by atoms with van der Waals surface area (Å²) in [6.07, 6.45) is 5.03. The molecular weight excluding hydrogens is 287 g/mol. The summed E-state index contributed by atoms with van der Waals surface area (Å²) in [5, 5.41) is 0. The zero-order valence-corrected chi connectivity index (χ0v) is 13.3. The molecule has 2 nitrogen and oxygen atoms in total. The van der Waals surface area contributed by atoms with Crippen LogP contribution in [0, 0.1) is 11.7 Å². The second-order valence-corrected chi connectivity index (χ2v) is 6.59. The molecule has 0 radical (unpaired) electrons. The van der Waals surface area contributed by atoms with Crippen LogP contribution in [0.2, 0.25) is 0 Å². The number of anilines is 1. The summed E-state index contributed by atoms with van der Waals surface area (Å²) in [5.41, 5.74) is 1.64. The molecule has 2 fully saturated rings. The van der Waals surface area contributed by atoms with Crippen molar-refractivity contribution in [2.45, 2.75) is 31.6 Å². The van der Waals surface area contributed by atoms with Gasteiger partial charge < -0.3 is 9.80 Å². The van der Waals surface area contributed by atoms with Crippen LogP contribution in [0.1, 0.15) is 31.2 Å². The van der Waals surface area contributed by atoms with E-state index in [0.29, 0.717) is 5.88 Å². The summed E-state index contributed by atoms with van der Waals surface area (Å²) in [6.45, 7) is 5.66. The maximum atomic E-state index is 14.1. The number of rotatable bonds is 4. The van der Waals surface area contributed by atoms with Crippen molar-refractivity contribution in [1.82, 2.24) is 4.90 Å². The van der Waals surface area contributed by atoms with E-state index >= 15 is 0 Å². The molecule has 0 N–H and O–H groups in total. The Kier molecular flexibility index (Phi) is 5.02. The first-order valence-corrected chi connectivity index (χ1v) is 8.62. The highest BCUT2D eigenvalue weighted by Gasteiger charge is 2.25. The SMILES string of the molecule is Fc1cccc(CCl)c1N1CCC(CN2CCCC2)CC1. The fourth-order valence-electron chi connectivity index (χ4n) is 3.69. The summed E-state index contributed by atoms with van der Waals surface area (Å²) in [7, 11) is 0. The smallest absolute Gasteiger partial charge is 0.146 e. The van der Waals surface area contributed by atoms with Crippen molar-refractivity contribution >= 4 is 17.3 Å². The third kappa shape index (κ3) is 3.51. The Balaban J connectivity index is 1.60. The van der Waals surface area contributed by atoms with E-state index in [1.165, 1.54) is 32.5 Å². The van der Waals surface area contributed by atoms with E-state index in [1.807, 2.05) is 6.07 Å². The quantitative estimate of drug-likeness (QED) is 0.779. The van der Waals surface area contributed by atoms with E-state index in [0.717, 1.165) is 43.1 Å². The molecule has 0 saturated carbocycles. The maximum absolute atomic E-state index is 14.1. The van der Waals surface area contributed by atoms with Crippen molar-refractivity contribution in [3.05, 3.63) is 29.6 Å². The van der Waals surface area contributed by atoms with Crippen LogP contribution < -0.4 is 4.90 Å². The van der Waals surface area contributed by atoms with Gasteiger partial charge in [0.05, 0.1) is 5.69 Å². The van der Waals surface area contributed by atoms with E-state index in [2.05, 4.69) is 9.80 Å². The number of nitrogens with zero attached hydrogens (tertiary/aromatic N) is 2. The molecule has 1 aromatic carbocycles. The van der Waals surface area contributed by atoms with Gasteiger partial charge >= 0.3 is 0 Å². The highest BCUT2D eigenvalue weighted by molar-refractivity contribution is 6.17. The number of piperidine rings is 1. The molecule has 2 heterocycles. The highest BCUT2D eigenvalue weighted by Crippen LogP contribution is 2.30. The van der Waals surface area contributed by atoms with Crippen LogP contribution in [0.4, 0.5) is 10.1 Å². The lowest BCUT2D eigenvalue weighted by molar-refractivity contribution is 0.249. The number of hydrogen-bond donors (Lipinski definition) is 0. The second-order valence-electron chi connectivity index (χ2n) is 6.32. The molecule has 21 heavy (non-hydrogen) atoms. The summed E-state index contributed by atoms with van der Waals surface area (Å²) < 4.78 is 14.1. The first-order chi connectivity index (χ1) is 10.3. The van der Waals surface area contributed by atoms with Crippen molar-refractivity contribution in [3.63, 3.8) is 0 Å². The van der Waals surface area contributed by atoms with Crippen molar-refractivity contribution < 1.29 is 4.39 Å². The normalized spacial score (nSPS) is 21.1. The van der Waals surface area contributed by atoms with E-state index < -0.39 is 0 Å². The number of para-hydroxylation sites is 1. The lowest BCUT2D eigenvalue weighted by atomic mass is 9.95. The van der Waals surface area contributed by atoms with Gasteiger partial charge in [0.1, 0.15) is 5.82 Å². The Morgan fingerprint density at radius 1 is 1.10 bits per heavy atom. The molecule has 2 saturated heterocycles. The van der Waals surface area contributed by atoms with Crippen LogP contribution in [0.5, 0.6) is 0 Å². The lowest BCUT2D eigenvalue weighted by Gasteiger charge is -2.36. The van der Waals surface area contributed by atoms with Gasteiger partial charge in [0.25, 0.3) is 0 Å². The van der Waals surface area contributed by atoms with Gasteiger partial charge in [-0.3, -0.25) is 0 Å². The molecule has 0 amide bonds. The minimum atomic E-state index is -0.133. The van der Waals surface area contributed by atoms with E-state index in [1.54, 1.807) is 12.1 Å². The Bertz CT molecular complexity index is 466. The molecule has 0 bridgehead atoms. The van der Waals surface area contributed by atoms with Gasteiger partial charge in [-0.2, -0.15) is 0 Å². The summed E-state index contributed by atoms with van der Waals surface area (Å²) in [5.74, 6) is 1.01. The Morgan fingerprint density at radius 3 is 2.48 bits per heavy atom. The van der Waals surface area contributed by atoms with Crippen LogP contribution in [0.25, 0.3) is 0 Å². The van der Waals surface area contributed by atoms with Gasteiger partial charge in [-0.15, -0.1) is 11.6 Å². The van der Waals surface area contributed by atoms with Crippen LogP contribution in [-0.4, -0.2) is 37.6 Å². The predicted octanol–water partition coefficient (Wildman–Crippen LogP) is 3.88. The highest BCUT2D eigenvalue weighted by atomic mass is 35.5. The maximum Gasteiger partial charge on any atom is 0.146 e. The molecular formula is C17H24ClFN2. The van der Waals surface area contributed by atoms with Gasteiger partial charge in [-0.25, -0.2) is 4.39 Å². The Morgan fingerprint density at radius 2 is 1.81 bits per heavy atom. The van der Waals surface area contributed by atoms with Gasteiger partial charge in [0.2, 0.25) is 0 Å². The average Bonchev–Trinajstić information content (AvgIpc) is 3.01. The number of hydrogen-bond acceptors (Lipinski definition) is 2. The second kappa shape index (κ2) is 6.97. The zero-order valence-electron chi connectivity index (χ0n) is 12.5. The molecule has 116 valence electrons. The third-order valence-electron chi connectivity index (χ3n) is 4.86. The molecule has 0 unspecified atom stereocenters. The third-order valence-corrected chi connectivity index (χ3v) is 5.15. The average molecular weight is 311 g/mol. The Hall–Kier alpha value is -0.800. The summed E-state index contributed by atoms with van der Waals surface area (Å²) in [4.78, 5) is 4.78. The summed E-state index contributed by atoms with van der Waals surface area (Å²) in [6, 6.07) is 5.22. The van der Waals surface area contributed by atoms with Crippen molar-refractivity contribution in [2.24, 2.45) is 5.92 Å². The first kappa shape index (κ1) is 15.1. The predicted molar refractivity (Wildman–Crippen MR) is 86.6 cm³/mol. The molecule has 2 aliphatic heterocycles. The molecule has 3 rings (SSSR count). The fourth-order valence-corrected chi connectivity index (χ4v) is 3.91. The van der Waals surface area contributed by atoms with E-state index in [-0.39, 0.29) is 5.82 Å². The lowest BCUT2D eigenvalue weighted by Crippen LogP contribution is -2.38. The molecule has 0 aromatic heterocycles. The molecule has 2 aliphatic rings. The zero-order chi connectivity index (χ0) is 14.7. The molecule has 0 spiro atoms. The van der Waals surface area contributed by atoms with E-state index in [9.17, 15) is 4.39 Å². The molecule has 1 aromatic rings. The summed E-state index contributed by atoms with van der Waals surface area (Å²) >= 11 is 5.97. The molecule has 0 aliphatic carbocycles. The molecule has 4 heteroatoms. The fraction of sp³-hybridized carbons (Fsp3) is 0.647. The van der Waals surface area contributed by atoms with Gasteiger partial charge in [0, 0.05) is 25.5 Å². The monoisotopic (exact) mass is 310 g/mol. The van der Waals surface area contributed by atoms with E-state index in [4.69, 9.17) is 11.6 Å². The number of benzene rings is 1. The Labute approximate surface area is 131 Å². The first-order valence-electron chi connectivity index (χ1n) is 8.08. The van der Waals surface area contributed by atoms with Crippen molar-refractivity contribution in [1.29, 1.82) is 0 Å². The van der Waals surface area contributed by atoms with Crippen LogP contribution in [-0.2, 0) is 5.88 Å². The van der Waals surface area contributed by atoms with Gasteiger partial charge in [-0.1, -0.05) is 12.1 Å². The van der Waals surface area contributed by atoms with Gasteiger partial charge in [0.15, 0.2) is 0 Å². The minimum absolute atomic E-state index is 0.133. The van der Waals surface area contributed by atoms with Crippen molar-refractivity contribution in [3.8, 4) is 0 Å². The molecule has 0 atom stereocenters. The van der Waals surface area contributed by atoms with Crippen molar-refractivity contribution in [2.75, 3.05) is 37.6 Å². The minimum Gasteiger partial charge on any atom is -0.369 e. The number of likely N-dealkylation sites (tertiary alicyclic amines) is 1. The number of alkyl halides is 1. The van der Waals surface area contributed by atoms with Crippen LogP contribution in [0.15, 0.2) is 18.2 Å². The van der Waals surface area contributed by atoms with Crippen LogP contribution in [0.3, 0.4) is 0 Å². The van der Waals surface area contributed by atoms with Gasteiger partial charge in [-0.05, 0) is 56.3 Å². The number of halogens is 2. The topological polar surface area (TPSA) is 6.48 Å².